The van der Waals surface area contributed by atoms with E-state index in [9.17, 15) is 4.79 Å². The van der Waals surface area contributed by atoms with Crippen LogP contribution < -0.4 is 10.2 Å². The van der Waals surface area contributed by atoms with Gasteiger partial charge in [-0.15, -0.1) is 10.2 Å². The van der Waals surface area contributed by atoms with Crippen molar-refractivity contribution in [3.05, 3.63) is 60.2 Å². The van der Waals surface area contributed by atoms with Crippen molar-refractivity contribution in [1.29, 1.82) is 0 Å². The molecule has 0 saturated carbocycles. The Bertz CT molecular complexity index is 999. The quantitative estimate of drug-likeness (QED) is 0.431. The van der Waals surface area contributed by atoms with Crippen molar-refractivity contribution in [2.75, 3.05) is 18.0 Å². The van der Waals surface area contributed by atoms with Gasteiger partial charge in [0.2, 0.25) is 5.91 Å². The Hall–Kier alpha value is -2.80. The summed E-state index contributed by atoms with van der Waals surface area (Å²) in [6.07, 6.45) is 0. The first kappa shape index (κ1) is 23.9. The normalized spacial score (nSPS) is 12.9. The summed E-state index contributed by atoms with van der Waals surface area (Å²) in [5, 5.41) is 12.4. The number of hydrogen-bond donors (Lipinski definition) is 1. The average Bonchev–Trinajstić information content (AvgIpc) is 3.23. The summed E-state index contributed by atoms with van der Waals surface area (Å²) in [6, 6.07) is 18.4. The Morgan fingerprint density at radius 3 is 2.25 bits per heavy atom. The molecular formula is C25H33N5OS. The second-order valence-corrected chi connectivity index (χ2v) is 8.98. The van der Waals surface area contributed by atoms with Gasteiger partial charge in [-0.2, -0.15) is 0 Å². The number of benzene rings is 2. The Balaban J connectivity index is 1.71. The minimum Gasteiger partial charge on any atom is -0.372 e. The molecule has 1 amide bonds. The van der Waals surface area contributed by atoms with E-state index in [1.54, 1.807) is 0 Å². The van der Waals surface area contributed by atoms with Gasteiger partial charge in [-0.25, -0.2) is 0 Å². The van der Waals surface area contributed by atoms with Crippen LogP contribution in [0.5, 0.6) is 0 Å². The molecule has 170 valence electrons. The monoisotopic (exact) mass is 451 g/mol. The molecule has 1 heterocycles. The number of hydrogen-bond acceptors (Lipinski definition) is 5. The van der Waals surface area contributed by atoms with Crippen molar-refractivity contribution < 1.29 is 4.79 Å². The van der Waals surface area contributed by atoms with Crippen molar-refractivity contribution in [2.45, 2.75) is 57.6 Å². The van der Waals surface area contributed by atoms with Crippen molar-refractivity contribution in [1.82, 2.24) is 20.1 Å². The van der Waals surface area contributed by atoms with E-state index < -0.39 is 0 Å². The first-order chi connectivity index (χ1) is 15.5. The SMILES string of the molecule is CCN(CC)c1ccc(-c2nnc(SC(C)C(=O)NC(C)c3ccccc3)n2CC)cc1. The van der Waals surface area contributed by atoms with Gasteiger partial charge in [0, 0.05) is 30.9 Å². The van der Waals surface area contributed by atoms with Crippen LogP contribution in [-0.4, -0.2) is 39.0 Å². The second-order valence-electron chi connectivity index (χ2n) is 7.67. The first-order valence-corrected chi connectivity index (χ1v) is 12.2. The smallest absolute Gasteiger partial charge is 0.233 e. The van der Waals surface area contributed by atoms with Gasteiger partial charge in [0.15, 0.2) is 11.0 Å². The molecule has 7 heteroatoms. The molecule has 0 radical (unpaired) electrons. The van der Waals surface area contributed by atoms with Crippen LogP contribution in [-0.2, 0) is 11.3 Å². The third-order valence-corrected chi connectivity index (χ3v) is 6.68. The third kappa shape index (κ3) is 5.51. The van der Waals surface area contributed by atoms with E-state index in [4.69, 9.17) is 0 Å². The molecule has 3 rings (SSSR count). The molecule has 0 spiro atoms. The van der Waals surface area contributed by atoms with Crippen molar-refractivity contribution in [3.63, 3.8) is 0 Å². The van der Waals surface area contributed by atoms with Gasteiger partial charge in [0.1, 0.15) is 0 Å². The van der Waals surface area contributed by atoms with E-state index in [1.165, 1.54) is 17.4 Å². The number of rotatable bonds is 10. The van der Waals surface area contributed by atoms with Gasteiger partial charge in [-0.05, 0) is 64.4 Å². The summed E-state index contributed by atoms with van der Waals surface area (Å²) < 4.78 is 2.07. The zero-order valence-corrected chi connectivity index (χ0v) is 20.4. The van der Waals surface area contributed by atoms with Crippen LogP contribution in [0.1, 0.15) is 46.2 Å². The molecule has 0 saturated heterocycles. The molecule has 2 aromatic carbocycles. The molecule has 6 nitrogen and oxygen atoms in total. The van der Waals surface area contributed by atoms with Gasteiger partial charge in [-0.3, -0.25) is 4.79 Å². The zero-order chi connectivity index (χ0) is 23.1. The first-order valence-electron chi connectivity index (χ1n) is 11.3. The molecule has 2 unspecified atom stereocenters. The molecule has 1 aromatic heterocycles. The lowest BCUT2D eigenvalue weighted by atomic mass is 10.1. The number of amides is 1. The lowest BCUT2D eigenvalue weighted by molar-refractivity contribution is -0.120. The van der Waals surface area contributed by atoms with E-state index in [0.29, 0.717) is 0 Å². The summed E-state index contributed by atoms with van der Waals surface area (Å²) in [7, 11) is 0. The van der Waals surface area contributed by atoms with Gasteiger partial charge in [0.25, 0.3) is 0 Å². The van der Waals surface area contributed by atoms with Crippen molar-refractivity contribution >= 4 is 23.4 Å². The maximum Gasteiger partial charge on any atom is 0.233 e. The third-order valence-electron chi connectivity index (χ3n) is 5.60. The Labute approximate surface area is 195 Å². The largest absolute Gasteiger partial charge is 0.372 e. The summed E-state index contributed by atoms with van der Waals surface area (Å²) >= 11 is 1.44. The number of aromatic nitrogens is 3. The number of anilines is 1. The fourth-order valence-electron chi connectivity index (χ4n) is 3.65. The Morgan fingerprint density at radius 1 is 1.00 bits per heavy atom. The highest BCUT2D eigenvalue weighted by atomic mass is 32.2. The molecule has 2 atom stereocenters. The van der Waals surface area contributed by atoms with E-state index in [1.807, 2.05) is 44.2 Å². The fourth-order valence-corrected chi connectivity index (χ4v) is 4.57. The summed E-state index contributed by atoms with van der Waals surface area (Å²) in [6.45, 7) is 13.0. The van der Waals surface area contributed by atoms with E-state index in [0.717, 1.165) is 41.7 Å². The number of nitrogens with zero attached hydrogens (tertiary/aromatic N) is 4. The van der Waals surface area contributed by atoms with E-state index in [-0.39, 0.29) is 17.2 Å². The highest BCUT2D eigenvalue weighted by molar-refractivity contribution is 8.00. The van der Waals surface area contributed by atoms with E-state index in [2.05, 4.69) is 70.0 Å². The number of carbonyl (C=O) groups is 1. The topological polar surface area (TPSA) is 63.1 Å². The van der Waals surface area contributed by atoms with Crippen LogP contribution in [0.15, 0.2) is 59.8 Å². The molecule has 0 aliphatic heterocycles. The summed E-state index contributed by atoms with van der Waals surface area (Å²) in [5.41, 5.74) is 3.32. The predicted molar refractivity (Wildman–Crippen MR) is 133 cm³/mol. The van der Waals surface area contributed by atoms with Crippen LogP contribution in [0.2, 0.25) is 0 Å². The molecule has 0 aliphatic carbocycles. The molecule has 1 N–H and O–H groups in total. The summed E-state index contributed by atoms with van der Waals surface area (Å²) in [4.78, 5) is 15.1. The molecule has 0 aliphatic rings. The van der Waals surface area contributed by atoms with Crippen molar-refractivity contribution in [3.8, 4) is 11.4 Å². The number of carbonyl (C=O) groups excluding carboxylic acids is 1. The number of thioether (sulfide) groups is 1. The lowest BCUT2D eigenvalue weighted by Gasteiger charge is -2.21. The Kier molecular flexibility index (Phi) is 8.33. The van der Waals surface area contributed by atoms with Gasteiger partial charge in [-0.1, -0.05) is 42.1 Å². The highest BCUT2D eigenvalue weighted by Crippen LogP contribution is 2.28. The molecule has 0 bridgehead atoms. The molecule has 3 aromatic rings. The van der Waals surface area contributed by atoms with Gasteiger partial charge in [0.05, 0.1) is 11.3 Å². The van der Waals surface area contributed by atoms with Crippen LogP contribution >= 0.6 is 11.8 Å². The molecule has 32 heavy (non-hydrogen) atoms. The average molecular weight is 452 g/mol. The lowest BCUT2D eigenvalue weighted by Crippen LogP contribution is -2.33. The highest BCUT2D eigenvalue weighted by Gasteiger charge is 2.21. The van der Waals surface area contributed by atoms with Crippen LogP contribution in [0.3, 0.4) is 0 Å². The van der Waals surface area contributed by atoms with Crippen molar-refractivity contribution in [2.24, 2.45) is 0 Å². The number of nitrogens with one attached hydrogen (secondary N) is 1. The fraction of sp³-hybridized carbons (Fsp3) is 0.400. The van der Waals surface area contributed by atoms with Gasteiger partial charge >= 0.3 is 0 Å². The standard InChI is InChI=1S/C25H33N5OS/c1-6-29(7-2)22-16-14-21(15-17-22)23-27-28-25(30(23)8-3)32-19(5)24(31)26-18(4)20-12-10-9-11-13-20/h9-19H,6-8H2,1-5H3,(H,26,31). The predicted octanol–water partition coefficient (Wildman–Crippen LogP) is 5.17. The maximum absolute atomic E-state index is 12.8. The van der Waals surface area contributed by atoms with Crippen LogP contribution in [0, 0.1) is 0 Å². The molecular weight excluding hydrogens is 418 g/mol. The second kappa shape index (κ2) is 11.2. The Morgan fingerprint density at radius 2 is 1.66 bits per heavy atom. The molecule has 0 fully saturated rings. The summed E-state index contributed by atoms with van der Waals surface area (Å²) in [5.74, 6) is 0.813. The van der Waals surface area contributed by atoms with E-state index >= 15 is 0 Å². The van der Waals surface area contributed by atoms with Gasteiger partial charge < -0.3 is 14.8 Å². The van der Waals surface area contributed by atoms with Crippen LogP contribution in [0.25, 0.3) is 11.4 Å². The zero-order valence-electron chi connectivity index (χ0n) is 19.6. The van der Waals surface area contributed by atoms with Crippen LogP contribution in [0.4, 0.5) is 5.69 Å². The maximum atomic E-state index is 12.8. The minimum absolute atomic E-state index is 0.0119. The minimum atomic E-state index is -0.284.